The van der Waals surface area contributed by atoms with Gasteiger partial charge in [0.1, 0.15) is 6.54 Å². The van der Waals surface area contributed by atoms with Gasteiger partial charge in [-0.2, -0.15) is 0 Å². The van der Waals surface area contributed by atoms with Crippen molar-refractivity contribution in [3.05, 3.63) is 64.4 Å². The Balaban J connectivity index is 1.61. The molecule has 2 N–H and O–H groups in total. The van der Waals surface area contributed by atoms with E-state index in [1.165, 1.54) is 10.6 Å². The maximum Gasteiger partial charge on any atom is 0.252 e. The summed E-state index contributed by atoms with van der Waals surface area (Å²) in [5, 5.41) is 6.17. The molecule has 4 rings (SSSR count). The number of hydrogen-bond acceptors (Lipinski definition) is 5. The fraction of sp³-hybridized carbons (Fsp3) is 0.227. The molecule has 2 aromatic carbocycles. The van der Waals surface area contributed by atoms with Crippen molar-refractivity contribution in [1.82, 2.24) is 9.88 Å². The number of para-hydroxylation sites is 1. The van der Waals surface area contributed by atoms with Gasteiger partial charge in [-0.3, -0.25) is 19.0 Å². The zero-order valence-corrected chi connectivity index (χ0v) is 16.4. The van der Waals surface area contributed by atoms with E-state index >= 15 is 0 Å². The second-order valence-electron chi connectivity index (χ2n) is 6.87. The second-order valence-corrected chi connectivity index (χ2v) is 6.87. The van der Waals surface area contributed by atoms with Crippen molar-refractivity contribution in [3.63, 3.8) is 0 Å². The van der Waals surface area contributed by atoms with Crippen molar-refractivity contribution in [1.29, 1.82) is 0 Å². The number of amides is 2. The van der Waals surface area contributed by atoms with E-state index in [1.807, 2.05) is 6.92 Å². The minimum absolute atomic E-state index is 0.145. The number of carbonyl (C=O) groups is 2. The third kappa shape index (κ3) is 3.84. The quantitative estimate of drug-likeness (QED) is 0.654. The molecular formula is C22H21N3O5. The van der Waals surface area contributed by atoms with E-state index in [-0.39, 0.29) is 25.2 Å². The highest BCUT2D eigenvalue weighted by Gasteiger charge is 2.17. The van der Waals surface area contributed by atoms with E-state index in [9.17, 15) is 14.4 Å². The number of pyridine rings is 1. The van der Waals surface area contributed by atoms with E-state index in [0.29, 0.717) is 40.2 Å². The van der Waals surface area contributed by atoms with Gasteiger partial charge in [0.2, 0.25) is 12.7 Å². The van der Waals surface area contributed by atoms with Crippen LogP contribution in [0.5, 0.6) is 11.5 Å². The summed E-state index contributed by atoms with van der Waals surface area (Å²) in [5.41, 5.74) is 0.942. The van der Waals surface area contributed by atoms with Gasteiger partial charge in [-0.05, 0) is 24.6 Å². The number of carbonyl (C=O) groups excluding carboxylic acids is 2. The minimum Gasteiger partial charge on any atom is -0.454 e. The summed E-state index contributed by atoms with van der Waals surface area (Å²) < 4.78 is 11.9. The lowest BCUT2D eigenvalue weighted by Crippen LogP contribution is -2.31. The Morgan fingerprint density at radius 2 is 1.87 bits per heavy atom. The highest BCUT2D eigenvalue weighted by atomic mass is 16.7. The molecule has 0 atom stereocenters. The third-order valence-electron chi connectivity index (χ3n) is 4.76. The molecule has 1 aliphatic heterocycles. The topological polar surface area (TPSA) is 98.7 Å². The molecule has 2 heterocycles. The van der Waals surface area contributed by atoms with E-state index in [0.717, 1.165) is 6.42 Å². The van der Waals surface area contributed by atoms with Crippen molar-refractivity contribution in [2.24, 2.45) is 0 Å². The van der Waals surface area contributed by atoms with Crippen molar-refractivity contribution < 1.29 is 19.1 Å². The Hall–Kier alpha value is -3.81. The van der Waals surface area contributed by atoms with Gasteiger partial charge < -0.3 is 20.1 Å². The fourth-order valence-corrected chi connectivity index (χ4v) is 3.34. The van der Waals surface area contributed by atoms with Crippen LogP contribution in [0.2, 0.25) is 0 Å². The number of benzene rings is 2. The Bertz CT molecular complexity index is 1190. The van der Waals surface area contributed by atoms with Crippen molar-refractivity contribution in [2.75, 3.05) is 18.7 Å². The van der Waals surface area contributed by atoms with Gasteiger partial charge in [-0.1, -0.05) is 25.1 Å². The van der Waals surface area contributed by atoms with E-state index in [1.54, 1.807) is 42.5 Å². The maximum absolute atomic E-state index is 12.7. The molecule has 3 aromatic rings. The number of rotatable bonds is 6. The molecule has 30 heavy (non-hydrogen) atoms. The Morgan fingerprint density at radius 3 is 2.70 bits per heavy atom. The lowest BCUT2D eigenvalue weighted by atomic mass is 10.1. The number of hydrogen-bond donors (Lipinski definition) is 2. The van der Waals surface area contributed by atoms with Crippen LogP contribution in [-0.4, -0.2) is 29.7 Å². The molecule has 8 nitrogen and oxygen atoms in total. The minimum atomic E-state index is -0.420. The smallest absolute Gasteiger partial charge is 0.252 e. The highest BCUT2D eigenvalue weighted by Crippen LogP contribution is 2.34. The van der Waals surface area contributed by atoms with E-state index in [4.69, 9.17) is 9.47 Å². The normalized spacial score (nSPS) is 12.0. The number of ether oxygens (including phenoxy) is 2. The van der Waals surface area contributed by atoms with E-state index < -0.39 is 5.56 Å². The average molecular weight is 407 g/mol. The maximum atomic E-state index is 12.7. The zero-order chi connectivity index (χ0) is 21.1. The first-order valence-electron chi connectivity index (χ1n) is 9.67. The number of fused-ring (bicyclic) bond motifs is 2. The molecule has 0 saturated carbocycles. The molecule has 0 radical (unpaired) electrons. The van der Waals surface area contributed by atoms with Crippen molar-refractivity contribution in [3.8, 4) is 11.5 Å². The predicted octanol–water partition coefficient (Wildman–Crippen LogP) is 2.51. The number of aromatic nitrogens is 1. The van der Waals surface area contributed by atoms with Crippen LogP contribution >= 0.6 is 0 Å². The SMILES string of the molecule is CCCNC(=O)c1cc(=O)n(CC(=O)Nc2ccc3c(c2)OCO3)c2ccccc12. The van der Waals surface area contributed by atoms with Crippen LogP contribution in [0, 0.1) is 0 Å². The molecule has 0 bridgehead atoms. The lowest BCUT2D eigenvalue weighted by Gasteiger charge is -2.14. The first-order valence-corrected chi connectivity index (χ1v) is 9.67. The average Bonchev–Trinajstić information content (AvgIpc) is 3.21. The van der Waals surface area contributed by atoms with Gasteiger partial charge in [0.05, 0.1) is 11.1 Å². The molecule has 0 unspecified atom stereocenters. The van der Waals surface area contributed by atoms with Crippen LogP contribution in [0.1, 0.15) is 23.7 Å². The largest absolute Gasteiger partial charge is 0.454 e. The van der Waals surface area contributed by atoms with Crippen LogP contribution < -0.4 is 25.7 Å². The van der Waals surface area contributed by atoms with Crippen LogP contribution in [0.15, 0.2) is 53.3 Å². The van der Waals surface area contributed by atoms with Gasteiger partial charge >= 0.3 is 0 Å². The van der Waals surface area contributed by atoms with Crippen molar-refractivity contribution >= 4 is 28.4 Å². The molecule has 8 heteroatoms. The number of nitrogens with one attached hydrogen (secondary N) is 2. The van der Waals surface area contributed by atoms with Crippen LogP contribution in [0.4, 0.5) is 5.69 Å². The second kappa shape index (κ2) is 8.28. The summed E-state index contributed by atoms with van der Waals surface area (Å²) in [5.74, 6) is 0.497. The molecule has 0 aliphatic carbocycles. The van der Waals surface area contributed by atoms with Gasteiger partial charge in [0.25, 0.3) is 11.5 Å². The molecule has 0 saturated heterocycles. The molecule has 0 spiro atoms. The van der Waals surface area contributed by atoms with Crippen LogP contribution in [0.3, 0.4) is 0 Å². The zero-order valence-electron chi connectivity index (χ0n) is 16.4. The van der Waals surface area contributed by atoms with Gasteiger partial charge in [0.15, 0.2) is 11.5 Å². The first-order chi connectivity index (χ1) is 14.6. The summed E-state index contributed by atoms with van der Waals surface area (Å²) in [4.78, 5) is 37.8. The fourth-order valence-electron chi connectivity index (χ4n) is 3.34. The summed E-state index contributed by atoms with van der Waals surface area (Å²) in [6.45, 7) is 2.43. The van der Waals surface area contributed by atoms with Gasteiger partial charge in [0, 0.05) is 29.8 Å². The molecule has 154 valence electrons. The standard InChI is InChI=1S/C22H21N3O5/c1-2-9-23-22(28)16-11-21(27)25(17-6-4-3-5-15(16)17)12-20(26)24-14-7-8-18-19(10-14)30-13-29-18/h3-8,10-11H,2,9,12-13H2,1H3,(H,23,28)(H,24,26). The summed E-state index contributed by atoms with van der Waals surface area (Å²) in [6.07, 6.45) is 0.792. The lowest BCUT2D eigenvalue weighted by molar-refractivity contribution is -0.116. The van der Waals surface area contributed by atoms with E-state index in [2.05, 4.69) is 10.6 Å². The predicted molar refractivity (Wildman–Crippen MR) is 112 cm³/mol. The molecule has 1 aliphatic rings. The molecule has 0 fully saturated rings. The Morgan fingerprint density at radius 1 is 1.07 bits per heavy atom. The third-order valence-corrected chi connectivity index (χ3v) is 4.76. The van der Waals surface area contributed by atoms with Gasteiger partial charge in [-0.25, -0.2) is 0 Å². The number of anilines is 1. The van der Waals surface area contributed by atoms with Gasteiger partial charge in [-0.15, -0.1) is 0 Å². The Kier molecular flexibility index (Phi) is 5.38. The van der Waals surface area contributed by atoms with Crippen LogP contribution in [-0.2, 0) is 11.3 Å². The highest BCUT2D eigenvalue weighted by molar-refractivity contribution is 6.06. The van der Waals surface area contributed by atoms with Crippen molar-refractivity contribution in [2.45, 2.75) is 19.9 Å². The molecule has 2 amide bonds. The summed E-state index contributed by atoms with van der Waals surface area (Å²) in [7, 11) is 0. The number of nitrogens with zero attached hydrogens (tertiary/aromatic N) is 1. The first kappa shape index (κ1) is 19.5. The summed E-state index contributed by atoms with van der Waals surface area (Å²) >= 11 is 0. The molecule has 1 aromatic heterocycles. The monoisotopic (exact) mass is 407 g/mol. The molecular weight excluding hydrogens is 386 g/mol. The Labute approximate surface area is 172 Å². The van der Waals surface area contributed by atoms with Crippen LogP contribution in [0.25, 0.3) is 10.9 Å². The summed E-state index contributed by atoms with van der Waals surface area (Å²) in [6, 6.07) is 13.4.